The summed E-state index contributed by atoms with van der Waals surface area (Å²) in [5.74, 6) is 0.311. The van der Waals surface area contributed by atoms with E-state index in [1.54, 1.807) is 6.07 Å². The fourth-order valence-electron chi connectivity index (χ4n) is 2.50. The molecule has 22 heavy (non-hydrogen) atoms. The van der Waals surface area contributed by atoms with E-state index in [2.05, 4.69) is 30.4 Å². The molecule has 0 unspecified atom stereocenters. The normalized spacial score (nSPS) is 11.0. The van der Waals surface area contributed by atoms with Gasteiger partial charge in [-0.15, -0.1) is 0 Å². The van der Waals surface area contributed by atoms with Crippen molar-refractivity contribution in [3.63, 3.8) is 0 Å². The van der Waals surface area contributed by atoms with Crippen LogP contribution in [-0.4, -0.2) is 5.11 Å². The Bertz CT molecular complexity index is 801. The lowest BCUT2D eigenvalue weighted by atomic mass is 9.97. The summed E-state index contributed by atoms with van der Waals surface area (Å²) >= 11 is 0. The summed E-state index contributed by atoms with van der Waals surface area (Å²) in [7, 11) is 0. The zero-order valence-electron chi connectivity index (χ0n) is 12.5. The van der Waals surface area contributed by atoms with Gasteiger partial charge < -0.3 is 5.11 Å². The van der Waals surface area contributed by atoms with Crippen LogP contribution in [0.15, 0.2) is 72.8 Å². The Balaban J connectivity index is 2.04. The van der Waals surface area contributed by atoms with Gasteiger partial charge in [-0.3, -0.25) is 0 Å². The van der Waals surface area contributed by atoms with Crippen LogP contribution >= 0.6 is 0 Å². The molecule has 0 radical (unpaired) electrons. The van der Waals surface area contributed by atoms with Crippen molar-refractivity contribution in [2.75, 3.05) is 0 Å². The third kappa shape index (κ3) is 3.09. The fraction of sp³-hybridized carbons (Fsp3) is 0.0476. The lowest BCUT2D eigenvalue weighted by molar-refractivity contribution is 0.477. The van der Waals surface area contributed by atoms with Gasteiger partial charge >= 0.3 is 0 Å². The van der Waals surface area contributed by atoms with E-state index in [4.69, 9.17) is 0 Å². The first kappa shape index (κ1) is 14.2. The van der Waals surface area contributed by atoms with Crippen LogP contribution in [0.5, 0.6) is 5.75 Å². The Morgan fingerprint density at radius 3 is 2.27 bits per heavy atom. The molecule has 3 rings (SSSR count). The minimum Gasteiger partial charge on any atom is -0.507 e. The molecule has 1 heteroatoms. The highest BCUT2D eigenvalue weighted by atomic mass is 16.3. The molecule has 0 saturated carbocycles. The van der Waals surface area contributed by atoms with E-state index in [9.17, 15) is 5.11 Å². The molecule has 0 amide bonds. The van der Waals surface area contributed by atoms with Gasteiger partial charge in [0.25, 0.3) is 0 Å². The van der Waals surface area contributed by atoms with Crippen molar-refractivity contribution in [3.05, 3.63) is 89.5 Å². The van der Waals surface area contributed by atoms with Gasteiger partial charge in [0.15, 0.2) is 0 Å². The second-order valence-corrected chi connectivity index (χ2v) is 5.35. The molecule has 108 valence electrons. The second kappa shape index (κ2) is 6.31. The molecule has 3 aromatic carbocycles. The Hall–Kier alpha value is -2.80. The van der Waals surface area contributed by atoms with E-state index in [1.807, 2.05) is 55.5 Å². The minimum absolute atomic E-state index is 0.311. The molecule has 0 aromatic heterocycles. The monoisotopic (exact) mass is 286 g/mol. The van der Waals surface area contributed by atoms with Crippen LogP contribution in [0, 0.1) is 6.92 Å². The first-order valence-corrected chi connectivity index (χ1v) is 7.36. The molecule has 0 fully saturated rings. The number of benzene rings is 3. The van der Waals surface area contributed by atoms with Gasteiger partial charge in [0.1, 0.15) is 5.75 Å². The van der Waals surface area contributed by atoms with Crippen molar-refractivity contribution in [1.29, 1.82) is 0 Å². The maximum Gasteiger partial charge on any atom is 0.123 e. The zero-order valence-corrected chi connectivity index (χ0v) is 12.5. The molecule has 0 aliphatic heterocycles. The number of aromatic hydroxyl groups is 1. The quantitative estimate of drug-likeness (QED) is 0.627. The number of rotatable bonds is 3. The lowest BCUT2D eigenvalue weighted by Crippen LogP contribution is -1.85. The Morgan fingerprint density at radius 2 is 1.45 bits per heavy atom. The van der Waals surface area contributed by atoms with Crippen molar-refractivity contribution in [2.45, 2.75) is 6.92 Å². The smallest absolute Gasteiger partial charge is 0.123 e. The van der Waals surface area contributed by atoms with Crippen LogP contribution < -0.4 is 0 Å². The molecule has 0 aliphatic rings. The van der Waals surface area contributed by atoms with Crippen molar-refractivity contribution in [3.8, 4) is 16.9 Å². The summed E-state index contributed by atoms with van der Waals surface area (Å²) in [4.78, 5) is 0. The van der Waals surface area contributed by atoms with Gasteiger partial charge in [-0.25, -0.2) is 0 Å². The first-order chi connectivity index (χ1) is 10.7. The second-order valence-electron chi connectivity index (χ2n) is 5.35. The average molecular weight is 286 g/mol. The summed E-state index contributed by atoms with van der Waals surface area (Å²) in [6, 6.07) is 24.0. The predicted octanol–water partition coefficient (Wildman–Crippen LogP) is 5.54. The van der Waals surface area contributed by atoms with Crippen LogP contribution in [-0.2, 0) is 0 Å². The Labute approximate surface area is 131 Å². The third-order valence-corrected chi connectivity index (χ3v) is 3.66. The number of aryl methyl sites for hydroxylation is 1. The summed E-state index contributed by atoms with van der Waals surface area (Å²) < 4.78 is 0. The van der Waals surface area contributed by atoms with Gasteiger partial charge in [0, 0.05) is 5.56 Å². The first-order valence-electron chi connectivity index (χ1n) is 7.36. The lowest BCUT2D eigenvalue weighted by Gasteiger charge is -2.09. The molecule has 1 nitrogen and oxygen atoms in total. The van der Waals surface area contributed by atoms with Crippen LogP contribution in [0.3, 0.4) is 0 Å². The molecule has 1 N–H and O–H groups in total. The van der Waals surface area contributed by atoms with E-state index < -0.39 is 0 Å². The summed E-state index contributed by atoms with van der Waals surface area (Å²) in [5, 5.41) is 10.2. The average Bonchev–Trinajstić information content (AvgIpc) is 2.56. The van der Waals surface area contributed by atoms with Crippen molar-refractivity contribution < 1.29 is 5.11 Å². The number of hydrogen-bond donors (Lipinski definition) is 1. The van der Waals surface area contributed by atoms with Gasteiger partial charge in [-0.2, -0.15) is 0 Å². The van der Waals surface area contributed by atoms with Crippen LogP contribution in [0.1, 0.15) is 16.7 Å². The number of phenolic OH excluding ortho intramolecular Hbond substituents is 1. The topological polar surface area (TPSA) is 20.2 Å². The summed E-state index contributed by atoms with van der Waals surface area (Å²) in [6.07, 6.45) is 4.18. The van der Waals surface area contributed by atoms with Gasteiger partial charge in [-0.1, -0.05) is 78.4 Å². The maximum absolute atomic E-state index is 10.2. The van der Waals surface area contributed by atoms with Crippen LogP contribution in [0.2, 0.25) is 0 Å². The number of phenols is 1. The van der Waals surface area contributed by atoms with E-state index in [-0.39, 0.29) is 0 Å². The largest absolute Gasteiger partial charge is 0.507 e. The van der Waals surface area contributed by atoms with Gasteiger partial charge in [0.2, 0.25) is 0 Å². The molecule has 0 atom stereocenters. The third-order valence-electron chi connectivity index (χ3n) is 3.66. The van der Waals surface area contributed by atoms with Crippen molar-refractivity contribution >= 4 is 12.2 Å². The standard InChI is InChI=1S/C21H18O/c1-16-11-14-21(22)20(15-16)19-10-6-5-9-18(19)13-12-17-7-3-2-4-8-17/h2-15,22H,1H3. The molecular weight excluding hydrogens is 268 g/mol. The SMILES string of the molecule is Cc1ccc(O)c(-c2ccccc2C=Cc2ccccc2)c1. The summed E-state index contributed by atoms with van der Waals surface area (Å²) in [5.41, 5.74) is 5.29. The molecular formula is C21H18O. The zero-order chi connectivity index (χ0) is 15.4. The van der Waals surface area contributed by atoms with E-state index >= 15 is 0 Å². The van der Waals surface area contributed by atoms with Gasteiger partial charge in [0.05, 0.1) is 0 Å². The van der Waals surface area contributed by atoms with Crippen molar-refractivity contribution in [1.82, 2.24) is 0 Å². The van der Waals surface area contributed by atoms with Gasteiger partial charge in [-0.05, 0) is 35.7 Å². The maximum atomic E-state index is 10.2. The highest BCUT2D eigenvalue weighted by molar-refractivity contribution is 5.83. The Kier molecular flexibility index (Phi) is 4.06. The summed E-state index contributed by atoms with van der Waals surface area (Å²) in [6.45, 7) is 2.03. The van der Waals surface area contributed by atoms with Crippen LogP contribution in [0.4, 0.5) is 0 Å². The number of hydrogen-bond acceptors (Lipinski definition) is 1. The van der Waals surface area contributed by atoms with E-state index in [0.717, 1.165) is 27.8 Å². The molecule has 0 heterocycles. The highest BCUT2D eigenvalue weighted by Crippen LogP contribution is 2.33. The van der Waals surface area contributed by atoms with E-state index in [1.165, 1.54) is 0 Å². The molecule has 0 aliphatic carbocycles. The molecule has 0 spiro atoms. The van der Waals surface area contributed by atoms with E-state index in [0.29, 0.717) is 5.75 Å². The Morgan fingerprint density at radius 1 is 0.727 bits per heavy atom. The van der Waals surface area contributed by atoms with Crippen LogP contribution in [0.25, 0.3) is 23.3 Å². The molecule has 0 saturated heterocycles. The molecule has 3 aromatic rings. The predicted molar refractivity (Wildman–Crippen MR) is 93.6 cm³/mol. The fourth-order valence-corrected chi connectivity index (χ4v) is 2.50. The highest BCUT2D eigenvalue weighted by Gasteiger charge is 2.07. The van der Waals surface area contributed by atoms with Crippen molar-refractivity contribution in [2.24, 2.45) is 0 Å². The molecule has 0 bridgehead atoms. The minimum atomic E-state index is 0.311.